The number of anilines is 1. The maximum atomic E-state index is 12.7. The third-order valence-corrected chi connectivity index (χ3v) is 6.56. The molecule has 8 nitrogen and oxygen atoms in total. The van der Waals surface area contributed by atoms with Crippen LogP contribution in [0.15, 0.2) is 30.7 Å². The van der Waals surface area contributed by atoms with Crippen molar-refractivity contribution in [3.8, 4) is 17.0 Å². The minimum absolute atomic E-state index is 0.0365. The van der Waals surface area contributed by atoms with E-state index < -0.39 is 6.61 Å². The van der Waals surface area contributed by atoms with E-state index in [4.69, 9.17) is 10.8 Å². The number of nitrogens with two attached hydrogens (primary N) is 1. The summed E-state index contributed by atoms with van der Waals surface area (Å²) in [6.45, 7) is 2.00. The lowest BCUT2D eigenvalue weighted by atomic mass is 9.82. The number of H-pyrrole nitrogens is 1. The first-order chi connectivity index (χ1) is 15.0. The van der Waals surface area contributed by atoms with Crippen LogP contribution in [0.2, 0.25) is 0 Å². The summed E-state index contributed by atoms with van der Waals surface area (Å²) in [5.74, 6) is 0.806. The molecule has 3 N–H and O–H groups in total. The Labute approximate surface area is 178 Å². The van der Waals surface area contributed by atoms with Crippen molar-refractivity contribution >= 4 is 5.82 Å². The summed E-state index contributed by atoms with van der Waals surface area (Å²) >= 11 is 0. The molecule has 5 heterocycles. The molecule has 2 aliphatic heterocycles. The van der Waals surface area contributed by atoms with Gasteiger partial charge >= 0.3 is 6.61 Å². The van der Waals surface area contributed by atoms with E-state index in [0.29, 0.717) is 11.3 Å². The highest BCUT2D eigenvalue weighted by molar-refractivity contribution is 5.64. The monoisotopic (exact) mass is 429 g/mol. The standard InChI is InChI=1S/C21H25F2N7O/c1-2-15(19-25-5-6-26-19)29-7-3-21(12-29)4-8-30-17(21)10-14(28-30)13-9-16(31-20(22)23)18(24)27-11-13/h5-6,9-11,15,20H,2-4,7-8,12H2,1H3,(H2,24,27)(H,25,26)/t15-,21-/m1/s1. The number of aromatic nitrogens is 5. The van der Waals surface area contributed by atoms with Crippen LogP contribution in [0, 0.1) is 0 Å². The predicted octanol–water partition coefficient (Wildman–Crippen LogP) is 3.35. The van der Waals surface area contributed by atoms with Crippen molar-refractivity contribution in [3.63, 3.8) is 0 Å². The largest absolute Gasteiger partial charge is 0.431 e. The third-order valence-electron chi connectivity index (χ3n) is 6.56. The summed E-state index contributed by atoms with van der Waals surface area (Å²) in [6.07, 6.45) is 8.29. The summed E-state index contributed by atoms with van der Waals surface area (Å²) in [5, 5.41) is 4.73. The second-order valence-corrected chi connectivity index (χ2v) is 8.27. The lowest BCUT2D eigenvalue weighted by Crippen LogP contribution is -2.32. The highest BCUT2D eigenvalue weighted by Crippen LogP contribution is 2.46. The second kappa shape index (κ2) is 7.60. The number of nitrogens with zero attached hydrogens (tertiary/aromatic N) is 5. The van der Waals surface area contributed by atoms with Crippen LogP contribution in [-0.2, 0) is 12.0 Å². The number of rotatable bonds is 6. The molecule has 3 aromatic heterocycles. The average Bonchev–Trinajstić information content (AvgIpc) is 3.52. The van der Waals surface area contributed by atoms with Gasteiger partial charge in [0.2, 0.25) is 0 Å². The smallest absolute Gasteiger partial charge is 0.387 e. The molecular formula is C21H25F2N7O. The highest BCUT2D eigenvalue weighted by Gasteiger charge is 2.47. The van der Waals surface area contributed by atoms with Crippen molar-refractivity contribution in [2.24, 2.45) is 0 Å². The Morgan fingerprint density at radius 3 is 2.84 bits per heavy atom. The van der Waals surface area contributed by atoms with E-state index in [1.165, 1.54) is 11.8 Å². The molecule has 1 spiro atoms. The molecule has 1 fully saturated rings. The lowest BCUT2D eigenvalue weighted by molar-refractivity contribution is -0.0494. The van der Waals surface area contributed by atoms with Crippen molar-refractivity contribution in [1.82, 2.24) is 29.6 Å². The number of imidazole rings is 1. The van der Waals surface area contributed by atoms with Gasteiger partial charge in [-0.2, -0.15) is 13.9 Å². The van der Waals surface area contributed by atoms with Gasteiger partial charge in [0, 0.05) is 48.4 Å². The van der Waals surface area contributed by atoms with Crippen LogP contribution in [0.3, 0.4) is 0 Å². The maximum Gasteiger partial charge on any atom is 0.387 e. The molecule has 1 saturated heterocycles. The molecule has 0 amide bonds. The molecule has 10 heteroatoms. The number of likely N-dealkylation sites (tertiary alicyclic amines) is 1. The van der Waals surface area contributed by atoms with Gasteiger partial charge < -0.3 is 15.5 Å². The molecule has 0 aromatic carbocycles. The number of ether oxygens (including phenoxy) is 1. The molecule has 0 bridgehead atoms. The topological polar surface area (TPSA) is 97.9 Å². The number of fused-ring (bicyclic) bond motifs is 2. The lowest BCUT2D eigenvalue weighted by Gasteiger charge is -2.28. The zero-order valence-corrected chi connectivity index (χ0v) is 17.3. The van der Waals surface area contributed by atoms with Crippen molar-refractivity contribution < 1.29 is 13.5 Å². The van der Waals surface area contributed by atoms with Gasteiger partial charge in [-0.3, -0.25) is 9.58 Å². The van der Waals surface area contributed by atoms with Gasteiger partial charge in [0.15, 0.2) is 11.6 Å². The average molecular weight is 429 g/mol. The van der Waals surface area contributed by atoms with Gasteiger partial charge in [-0.1, -0.05) is 6.92 Å². The zero-order valence-electron chi connectivity index (χ0n) is 17.3. The van der Waals surface area contributed by atoms with Crippen LogP contribution in [0.1, 0.15) is 43.7 Å². The van der Waals surface area contributed by atoms with Crippen molar-refractivity contribution in [2.75, 3.05) is 18.8 Å². The third kappa shape index (κ3) is 3.44. The van der Waals surface area contributed by atoms with E-state index in [1.807, 2.05) is 10.9 Å². The highest BCUT2D eigenvalue weighted by atomic mass is 19.3. The number of hydrogen-bond acceptors (Lipinski definition) is 6. The van der Waals surface area contributed by atoms with E-state index in [1.54, 1.807) is 12.4 Å². The number of nitrogen functional groups attached to an aromatic ring is 1. The van der Waals surface area contributed by atoms with Crippen LogP contribution in [0.25, 0.3) is 11.3 Å². The minimum Gasteiger partial charge on any atom is -0.431 e. The molecule has 5 rings (SSSR count). The number of aromatic amines is 1. The first-order valence-electron chi connectivity index (χ1n) is 10.5. The summed E-state index contributed by atoms with van der Waals surface area (Å²) in [6, 6.07) is 3.80. The fourth-order valence-corrected chi connectivity index (χ4v) is 5.06. The number of nitrogens with one attached hydrogen (secondary N) is 1. The minimum atomic E-state index is -2.96. The number of aryl methyl sites for hydroxylation is 1. The normalized spacial score (nSPS) is 21.8. The van der Waals surface area contributed by atoms with E-state index in [-0.39, 0.29) is 23.0 Å². The summed E-state index contributed by atoms with van der Waals surface area (Å²) in [5.41, 5.74) is 8.20. The SMILES string of the molecule is CC[C@H](c1ncc[nH]1)N1CC[C@@]2(CCn3nc(-c4cnc(N)c(OC(F)F)c4)cc32)C1. The predicted molar refractivity (Wildman–Crippen MR) is 111 cm³/mol. The molecule has 0 aliphatic carbocycles. The first kappa shape index (κ1) is 19.9. The summed E-state index contributed by atoms with van der Waals surface area (Å²) < 4.78 is 31.9. The molecule has 2 atom stereocenters. The summed E-state index contributed by atoms with van der Waals surface area (Å²) in [4.78, 5) is 14.2. The van der Waals surface area contributed by atoms with Gasteiger partial charge in [0.25, 0.3) is 0 Å². The van der Waals surface area contributed by atoms with Crippen LogP contribution < -0.4 is 10.5 Å². The molecule has 31 heavy (non-hydrogen) atoms. The van der Waals surface area contributed by atoms with Crippen LogP contribution in [0.4, 0.5) is 14.6 Å². The molecule has 0 unspecified atom stereocenters. The zero-order chi connectivity index (χ0) is 21.6. The number of alkyl halides is 2. The molecule has 3 aromatic rings. The van der Waals surface area contributed by atoms with Crippen LogP contribution >= 0.6 is 0 Å². The fourth-order valence-electron chi connectivity index (χ4n) is 5.06. The Balaban J connectivity index is 1.41. The molecule has 0 saturated carbocycles. The quantitative estimate of drug-likeness (QED) is 0.624. The summed E-state index contributed by atoms with van der Waals surface area (Å²) in [7, 11) is 0. The van der Waals surface area contributed by atoms with E-state index in [0.717, 1.165) is 44.7 Å². The maximum absolute atomic E-state index is 12.7. The Hall–Kier alpha value is -3.01. The Morgan fingerprint density at radius 2 is 2.10 bits per heavy atom. The van der Waals surface area contributed by atoms with Gasteiger partial charge in [-0.15, -0.1) is 0 Å². The van der Waals surface area contributed by atoms with Gasteiger partial charge in [-0.25, -0.2) is 9.97 Å². The van der Waals surface area contributed by atoms with Crippen molar-refractivity contribution in [2.45, 2.75) is 50.8 Å². The van der Waals surface area contributed by atoms with Crippen molar-refractivity contribution in [1.29, 1.82) is 0 Å². The Kier molecular flexibility index (Phi) is 4.88. The fraction of sp³-hybridized carbons (Fsp3) is 0.476. The number of pyridine rings is 1. The Morgan fingerprint density at radius 1 is 1.26 bits per heavy atom. The van der Waals surface area contributed by atoms with Gasteiger partial charge in [0.05, 0.1) is 11.7 Å². The molecule has 164 valence electrons. The first-order valence-corrected chi connectivity index (χ1v) is 10.5. The van der Waals surface area contributed by atoms with Crippen molar-refractivity contribution in [3.05, 3.63) is 42.2 Å². The van der Waals surface area contributed by atoms with Crippen LogP contribution in [0.5, 0.6) is 5.75 Å². The number of halogens is 2. The molecule has 0 radical (unpaired) electrons. The second-order valence-electron chi connectivity index (χ2n) is 8.27. The molecular weight excluding hydrogens is 404 g/mol. The Bertz CT molecular complexity index is 1070. The number of hydrogen-bond donors (Lipinski definition) is 2. The van der Waals surface area contributed by atoms with E-state index >= 15 is 0 Å². The molecule has 2 aliphatic rings. The van der Waals surface area contributed by atoms with Crippen LogP contribution in [-0.4, -0.2) is 49.3 Å². The van der Waals surface area contributed by atoms with E-state index in [9.17, 15) is 8.78 Å². The van der Waals surface area contributed by atoms with E-state index in [2.05, 4.69) is 37.6 Å². The van der Waals surface area contributed by atoms with Gasteiger partial charge in [-0.05, 0) is 37.9 Å². The van der Waals surface area contributed by atoms with Gasteiger partial charge in [0.1, 0.15) is 5.82 Å².